The smallest absolute Gasteiger partial charge is 0.332 e. The van der Waals surface area contributed by atoms with Crippen LogP contribution in [0.3, 0.4) is 0 Å². The molecule has 0 spiro atoms. The monoisotopic (exact) mass is 617 g/mol. The van der Waals surface area contributed by atoms with Crippen LogP contribution in [0.2, 0.25) is 0 Å². The quantitative estimate of drug-likeness (QED) is 0.121. The maximum absolute atomic E-state index is 13.7. The minimum Gasteiger partial charge on any atom is -0.468 e. The Morgan fingerprint density at radius 3 is 2.41 bits per heavy atom. The molecule has 234 valence electrons. The number of amides is 3. The number of urea groups is 1. The van der Waals surface area contributed by atoms with E-state index in [-0.39, 0.29) is 24.5 Å². The molecule has 1 saturated heterocycles. The first-order chi connectivity index (χ1) is 21.3. The molecule has 0 radical (unpaired) electrons. The lowest BCUT2D eigenvalue weighted by Crippen LogP contribution is -2.34. The van der Waals surface area contributed by atoms with Crippen molar-refractivity contribution in [2.45, 2.75) is 97.1 Å². The van der Waals surface area contributed by atoms with Gasteiger partial charge in [-0.1, -0.05) is 63.8 Å². The minimum atomic E-state index is -0.567. The molecule has 44 heavy (non-hydrogen) atoms. The molecule has 9 nitrogen and oxygen atoms in total. The second kappa shape index (κ2) is 13.9. The highest BCUT2D eigenvalue weighted by Gasteiger charge is 2.44. The zero-order valence-electron chi connectivity index (χ0n) is 26.3. The van der Waals surface area contributed by atoms with Gasteiger partial charge in [-0.05, 0) is 49.8 Å². The number of thiazole rings is 1. The van der Waals surface area contributed by atoms with E-state index in [1.54, 1.807) is 11.1 Å². The van der Waals surface area contributed by atoms with Crippen LogP contribution in [-0.4, -0.2) is 55.9 Å². The number of hydrogen-bond donors (Lipinski definition) is 0. The fourth-order valence-electron chi connectivity index (χ4n) is 6.34. The zero-order chi connectivity index (χ0) is 31.3. The van der Waals surface area contributed by atoms with Crippen molar-refractivity contribution in [3.8, 4) is 0 Å². The third-order valence-electron chi connectivity index (χ3n) is 8.83. The Morgan fingerprint density at radius 2 is 1.77 bits per heavy atom. The van der Waals surface area contributed by atoms with Gasteiger partial charge in [-0.3, -0.25) is 19.4 Å². The van der Waals surface area contributed by atoms with Crippen LogP contribution in [0, 0.1) is 6.92 Å². The van der Waals surface area contributed by atoms with E-state index in [9.17, 15) is 14.4 Å². The summed E-state index contributed by atoms with van der Waals surface area (Å²) < 4.78 is 7.35. The van der Waals surface area contributed by atoms with Crippen LogP contribution in [0.5, 0.6) is 0 Å². The Hall–Kier alpha value is -3.79. The highest BCUT2D eigenvalue weighted by atomic mass is 32.1. The number of aryl methyl sites for hydroxylation is 2. The Kier molecular flexibility index (Phi) is 9.98. The molecule has 1 aromatic carbocycles. The second-order valence-corrected chi connectivity index (χ2v) is 12.9. The highest BCUT2D eigenvalue weighted by molar-refractivity contribution is 7.09. The molecular weight excluding hydrogens is 574 g/mol. The van der Waals surface area contributed by atoms with Crippen LogP contribution in [0.15, 0.2) is 41.5 Å². The first-order valence-corrected chi connectivity index (χ1v) is 16.7. The number of esters is 1. The molecule has 5 rings (SSSR count). The summed E-state index contributed by atoms with van der Waals surface area (Å²) in [6.45, 7) is 7.31. The number of benzene rings is 1. The van der Waals surface area contributed by atoms with E-state index in [4.69, 9.17) is 9.72 Å². The number of imidazole rings is 1. The molecule has 1 saturated carbocycles. The van der Waals surface area contributed by atoms with Crippen molar-refractivity contribution in [3.05, 3.63) is 74.9 Å². The lowest BCUT2D eigenvalue weighted by Gasteiger charge is -2.26. The normalized spacial score (nSPS) is 17.3. The number of hydrogen-bond acceptors (Lipinski definition) is 7. The van der Waals surface area contributed by atoms with E-state index in [1.807, 2.05) is 25.3 Å². The number of rotatable bonds is 13. The van der Waals surface area contributed by atoms with Crippen LogP contribution < -0.4 is 0 Å². The van der Waals surface area contributed by atoms with E-state index >= 15 is 0 Å². The molecule has 2 aliphatic rings. The Balaban J connectivity index is 1.48. The van der Waals surface area contributed by atoms with Crippen LogP contribution in [0.25, 0.3) is 6.08 Å². The second-order valence-electron chi connectivity index (χ2n) is 11.8. The molecule has 3 aromatic rings. The number of carbonyl (C=O) groups excluding carboxylic acids is 3. The predicted molar refractivity (Wildman–Crippen MR) is 171 cm³/mol. The van der Waals surface area contributed by atoms with Gasteiger partial charge in [0.1, 0.15) is 11.5 Å². The van der Waals surface area contributed by atoms with Gasteiger partial charge in [0.05, 0.1) is 41.7 Å². The summed E-state index contributed by atoms with van der Waals surface area (Å²) in [5, 5.41) is 2.85. The van der Waals surface area contributed by atoms with Crippen molar-refractivity contribution in [2.24, 2.45) is 0 Å². The molecule has 0 N–H and O–H groups in total. The van der Waals surface area contributed by atoms with Crippen LogP contribution in [-0.2, 0) is 39.3 Å². The molecule has 0 bridgehead atoms. The largest absolute Gasteiger partial charge is 0.468 e. The molecule has 1 aliphatic carbocycles. The molecule has 10 heteroatoms. The third-order valence-corrected chi connectivity index (χ3v) is 9.65. The van der Waals surface area contributed by atoms with Crippen molar-refractivity contribution in [1.29, 1.82) is 0 Å². The maximum Gasteiger partial charge on any atom is 0.332 e. The van der Waals surface area contributed by atoms with Gasteiger partial charge in [0.2, 0.25) is 0 Å². The molecule has 3 amide bonds. The molecule has 2 aromatic heterocycles. The van der Waals surface area contributed by atoms with E-state index in [0.29, 0.717) is 18.8 Å². The van der Waals surface area contributed by atoms with E-state index in [1.165, 1.54) is 23.3 Å². The average Bonchev–Trinajstić information content (AvgIpc) is 3.81. The lowest BCUT2D eigenvalue weighted by molar-refractivity contribution is -0.147. The summed E-state index contributed by atoms with van der Waals surface area (Å²) in [6.07, 6.45) is 11.7. The van der Waals surface area contributed by atoms with Crippen molar-refractivity contribution < 1.29 is 19.1 Å². The number of ether oxygens (including phenoxy) is 1. The van der Waals surface area contributed by atoms with Gasteiger partial charge in [-0.15, -0.1) is 11.3 Å². The summed E-state index contributed by atoms with van der Waals surface area (Å²) >= 11 is 1.53. The molecule has 1 aliphatic heterocycles. The first-order valence-electron chi connectivity index (χ1n) is 15.8. The number of carbonyl (C=O) groups is 3. The Labute approximate surface area is 263 Å². The standard InChI is InChI=1S/C34H43N5O4S/c1-5-7-11-30-35-20-28(38(30)21-25-12-14-26(15-13-25)34(32(41)43-4)16-9-10-17-34)19-29-31(40)37(18-8-6-2)33(42)39(29)22-27-23-44-24(3)36-27/h12-15,19-20,23H,5-11,16-18,21-22H2,1-4H3/b29-19-. The predicted octanol–water partition coefficient (Wildman–Crippen LogP) is 6.63. The molecule has 2 fully saturated rings. The summed E-state index contributed by atoms with van der Waals surface area (Å²) in [6, 6.07) is 7.96. The summed E-state index contributed by atoms with van der Waals surface area (Å²) in [7, 11) is 1.47. The average molecular weight is 618 g/mol. The first kappa shape index (κ1) is 31.6. The molecule has 0 atom stereocenters. The number of unbranched alkanes of at least 4 members (excludes halogenated alkanes) is 2. The SMILES string of the molecule is CCCCc1ncc(/C=C2/C(=O)N(CCCC)C(=O)N2Cc2csc(C)n2)n1Cc1ccc(C2(C(=O)OC)CCCC2)cc1. The summed E-state index contributed by atoms with van der Waals surface area (Å²) in [4.78, 5) is 52.2. The van der Waals surface area contributed by atoms with E-state index in [0.717, 1.165) is 91.1 Å². The Bertz CT molecular complexity index is 1520. The van der Waals surface area contributed by atoms with Gasteiger partial charge in [0.15, 0.2) is 0 Å². The number of imide groups is 1. The van der Waals surface area contributed by atoms with E-state index < -0.39 is 5.41 Å². The van der Waals surface area contributed by atoms with Crippen molar-refractivity contribution >= 4 is 35.3 Å². The van der Waals surface area contributed by atoms with Gasteiger partial charge in [0.25, 0.3) is 5.91 Å². The fourth-order valence-corrected chi connectivity index (χ4v) is 6.94. The third kappa shape index (κ3) is 6.36. The van der Waals surface area contributed by atoms with Crippen molar-refractivity contribution in [1.82, 2.24) is 24.3 Å². The molecule has 3 heterocycles. The fraction of sp³-hybridized carbons (Fsp3) is 0.500. The lowest BCUT2D eigenvalue weighted by atomic mass is 9.78. The van der Waals surface area contributed by atoms with Crippen LogP contribution in [0.1, 0.15) is 98.6 Å². The van der Waals surface area contributed by atoms with E-state index in [2.05, 4.69) is 40.7 Å². The number of aromatic nitrogens is 3. The topological polar surface area (TPSA) is 97.6 Å². The Morgan fingerprint density at radius 1 is 1.05 bits per heavy atom. The van der Waals surface area contributed by atoms with Crippen LogP contribution >= 0.6 is 11.3 Å². The van der Waals surface area contributed by atoms with Gasteiger partial charge < -0.3 is 9.30 Å². The highest BCUT2D eigenvalue weighted by Crippen LogP contribution is 2.42. The zero-order valence-corrected chi connectivity index (χ0v) is 27.1. The summed E-state index contributed by atoms with van der Waals surface area (Å²) in [5.41, 5.74) is 3.38. The van der Waals surface area contributed by atoms with Crippen molar-refractivity contribution in [3.63, 3.8) is 0 Å². The number of nitrogens with zero attached hydrogens (tertiary/aromatic N) is 5. The summed E-state index contributed by atoms with van der Waals surface area (Å²) in [5.74, 6) is 0.493. The minimum absolute atomic E-state index is 0.158. The molecule has 0 unspecified atom stereocenters. The van der Waals surface area contributed by atoms with Gasteiger partial charge in [-0.2, -0.15) is 0 Å². The van der Waals surface area contributed by atoms with Crippen LogP contribution in [0.4, 0.5) is 4.79 Å². The van der Waals surface area contributed by atoms with Crippen molar-refractivity contribution in [2.75, 3.05) is 13.7 Å². The van der Waals surface area contributed by atoms with Gasteiger partial charge >= 0.3 is 12.0 Å². The maximum atomic E-state index is 13.7. The number of methoxy groups -OCH3 is 1. The van der Waals surface area contributed by atoms with Gasteiger partial charge in [-0.25, -0.2) is 14.8 Å². The van der Waals surface area contributed by atoms with Gasteiger partial charge in [0, 0.05) is 24.9 Å². The molecular formula is C34H43N5O4S.